The van der Waals surface area contributed by atoms with Gasteiger partial charge in [0.1, 0.15) is 0 Å². The van der Waals surface area contributed by atoms with E-state index in [9.17, 15) is 0 Å². The van der Waals surface area contributed by atoms with Gasteiger partial charge < -0.3 is 5.73 Å². The lowest BCUT2D eigenvalue weighted by molar-refractivity contribution is 0.697. The number of rotatable bonds is 2. The first-order chi connectivity index (χ1) is 7.18. The molecule has 0 aliphatic heterocycles. The zero-order valence-corrected chi connectivity index (χ0v) is 9.02. The molecule has 1 unspecified atom stereocenters. The van der Waals surface area contributed by atoms with Gasteiger partial charge in [-0.1, -0.05) is 16.8 Å². The van der Waals surface area contributed by atoms with Gasteiger partial charge in [0.15, 0.2) is 0 Å². The van der Waals surface area contributed by atoms with Crippen LogP contribution in [0.5, 0.6) is 0 Å². The highest BCUT2D eigenvalue weighted by atomic mass is 35.5. The van der Waals surface area contributed by atoms with E-state index in [-0.39, 0.29) is 6.04 Å². The van der Waals surface area contributed by atoms with E-state index in [1.165, 1.54) is 0 Å². The zero-order valence-electron chi connectivity index (χ0n) is 8.26. The van der Waals surface area contributed by atoms with Crippen molar-refractivity contribution in [1.29, 1.82) is 0 Å². The number of hydrogen-bond acceptors (Lipinski definition) is 3. The van der Waals surface area contributed by atoms with Gasteiger partial charge >= 0.3 is 0 Å². The topological polar surface area (TPSA) is 56.7 Å². The summed E-state index contributed by atoms with van der Waals surface area (Å²) in [4.78, 5) is 0. The molecule has 0 amide bonds. The van der Waals surface area contributed by atoms with Gasteiger partial charge in [0.05, 0.1) is 17.6 Å². The summed E-state index contributed by atoms with van der Waals surface area (Å²) < 4.78 is 1.71. The van der Waals surface area contributed by atoms with Crippen LogP contribution >= 0.6 is 11.6 Å². The Morgan fingerprint density at radius 1 is 1.33 bits per heavy atom. The number of nitrogens with zero attached hydrogens (tertiary/aromatic N) is 3. The first-order valence-corrected chi connectivity index (χ1v) is 4.98. The summed E-state index contributed by atoms with van der Waals surface area (Å²) in [6.45, 7) is 1.89. The third-order valence-corrected chi connectivity index (χ3v) is 2.37. The molecule has 0 fully saturated rings. The van der Waals surface area contributed by atoms with Crippen LogP contribution in [0.25, 0.3) is 5.69 Å². The summed E-state index contributed by atoms with van der Waals surface area (Å²) in [6, 6.07) is 7.27. The highest BCUT2D eigenvalue weighted by Gasteiger charge is 2.09. The lowest BCUT2D eigenvalue weighted by Gasteiger charge is -2.08. The monoisotopic (exact) mass is 222 g/mol. The van der Waals surface area contributed by atoms with E-state index in [0.29, 0.717) is 5.02 Å². The second kappa shape index (κ2) is 4.00. The molecule has 5 heteroatoms. The molecule has 2 N–H and O–H groups in total. The molecular weight excluding hydrogens is 212 g/mol. The Kier molecular flexibility index (Phi) is 2.70. The highest BCUT2D eigenvalue weighted by Crippen LogP contribution is 2.16. The Bertz CT molecular complexity index is 447. The molecule has 4 nitrogen and oxygen atoms in total. The summed E-state index contributed by atoms with van der Waals surface area (Å²) in [5.74, 6) is 0. The third-order valence-electron chi connectivity index (χ3n) is 2.11. The fourth-order valence-electron chi connectivity index (χ4n) is 1.34. The van der Waals surface area contributed by atoms with E-state index >= 15 is 0 Å². The molecule has 1 heterocycles. The molecule has 2 aromatic rings. The lowest BCUT2D eigenvalue weighted by atomic mass is 10.2. The van der Waals surface area contributed by atoms with Gasteiger partial charge in [-0.05, 0) is 31.2 Å². The van der Waals surface area contributed by atoms with Gasteiger partial charge in [0, 0.05) is 11.1 Å². The first-order valence-electron chi connectivity index (χ1n) is 4.60. The van der Waals surface area contributed by atoms with Crippen molar-refractivity contribution in [2.45, 2.75) is 13.0 Å². The maximum absolute atomic E-state index is 5.81. The fourth-order valence-corrected chi connectivity index (χ4v) is 1.46. The van der Waals surface area contributed by atoms with E-state index in [1.807, 2.05) is 31.2 Å². The second-order valence-corrected chi connectivity index (χ2v) is 3.77. The van der Waals surface area contributed by atoms with Crippen LogP contribution in [0.2, 0.25) is 5.02 Å². The van der Waals surface area contributed by atoms with Gasteiger partial charge in [-0.2, -0.15) is 0 Å². The molecule has 0 aliphatic carbocycles. The molecule has 78 valence electrons. The summed E-state index contributed by atoms with van der Waals surface area (Å²) >= 11 is 5.81. The van der Waals surface area contributed by atoms with Crippen molar-refractivity contribution >= 4 is 11.6 Å². The van der Waals surface area contributed by atoms with Crippen LogP contribution in [0.3, 0.4) is 0 Å². The summed E-state index contributed by atoms with van der Waals surface area (Å²) in [7, 11) is 0. The summed E-state index contributed by atoms with van der Waals surface area (Å²) in [5, 5.41) is 8.52. The van der Waals surface area contributed by atoms with Crippen LogP contribution < -0.4 is 5.73 Å². The van der Waals surface area contributed by atoms with E-state index in [0.717, 1.165) is 11.4 Å². The van der Waals surface area contributed by atoms with Crippen LogP contribution in [-0.4, -0.2) is 15.0 Å². The Morgan fingerprint density at radius 3 is 2.60 bits per heavy atom. The minimum atomic E-state index is -0.101. The van der Waals surface area contributed by atoms with Crippen molar-refractivity contribution in [3.8, 4) is 5.69 Å². The number of hydrogen-bond donors (Lipinski definition) is 1. The van der Waals surface area contributed by atoms with E-state index < -0.39 is 0 Å². The molecule has 0 saturated carbocycles. The summed E-state index contributed by atoms with van der Waals surface area (Å²) in [6.07, 6.45) is 1.67. The number of halogens is 1. The van der Waals surface area contributed by atoms with Crippen molar-refractivity contribution in [2.24, 2.45) is 5.73 Å². The predicted octanol–water partition coefficient (Wildman–Crippen LogP) is 1.94. The molecule has 0 radical (unpaired) electrons. The second-order valence-electron chi connectivity index (χ2n) is 3.34. The van der Waals surface area contributed by atoms with E-state index in [1.54, 1.807) is 10.9 Å². The van der Waals surface area contributed by atoms with Crippen LogP contribution in [0.15, 0.2) is 30.5 Å². The SMILES string of the molecule is CC(N)c1cnnn1-c1ccc(Cl)cc1. The molecule has 0 aliphatic rings. The molecule has 0 saturated heterocycles. The first kappa shape index (κ1) is 10.1. The average molecular weight is 223 g/mol. The van der Waals surface area contributed by atoms with Crippen molar-refractivity contribution < 1.29 is 0 Å². The Hall–Kier alpha value is -1.39. The highest BCUT2D eigenvalue weighted by molar-refractivity contribution is 6.30. The molecule has 15 heavy (non-hydrogen) atoms. The van der Waals surface area contributed by atoms with Crippen LogP contribution in [0.1, 0.15) is 18.7 Å². The van der Waals surface area contributed by atoms with Gasteiger partial charge in [-0.3, -0.25) is 0 Å². The van der Waals surface area contributed by atoms with Gasteiger partial charge in [0.2, 0.25) is 0 Å². The van der Waals surface area contributed by atoms with Gasteiger partial charge in [-0.25, -0.2) is 4.68 Å². The largest absolute Gasteiger partial charge is 0.323 e. The maximum atomic E-state index is 5.81. The average Bonchev–Trinajstić information content (AvgIpc) is 2.67. The van der Waals surface area contributed by atoms with Crippen molar-refractivity contribution in [3.05, 3.63) is 41.2 Å². The fraction of sp³-hybridized carbons (Fsp3) is 0.200. The minimum absolute atomic E-state index is 0.101. The molecular formula is C10H11ClN4. The smallest absolute Gasteiger partial charge is 0.0810 e. The molecule has 0 bridgehead atoms. The Balaban J connectivity index is 2.45. The minimum Gasteiger partial charge on any atom is -0.323 e. The van der Waals surface area contributed by atoms with Crippen LogP contribution in [0, 0.1) is 0 Å². The maximum Gasteiger partial charge on any atom is 0.0810 e. The zero-order chi connectivity index (χ0) is 10.8. The molecule has 2 rings (SSSR count). The van der Waals surface area contributed by atoms with E-state index in [2.05, 4.69) is 10.3 Å². The Morgan fingerprint density at radius 2 is 2.00 bits per heavy atom. The van der Waals surface area contributed by atoms with Crippen LogP contribution in [-0.2, 0) is 0 Å². The van der Waals surface area contributed by atoms with Gasteiger partial charge in [0.25, 0.3) is 0 Å². The lowest BCUT2D eigenvalue weighted by Crippen LogP contribution is -2.11. The van der Waals surface area contributed by atoms with E-state index in [4.69, 9.17) is 17.3 Å². The van der Waals surface area contributed by atoms with Crippen LogP contribution in [0.4, 0.5) is 0 Å². The third kappa shape index (κ3) is 2.00. The summed E-state index contributed by atoms with van der Waals surface area (Å²) in [5.41, 5.74) is 7.58. The predicted molar refractivity (Wildman–Crippen MR) is 59.0 cm³/mol. The molecule has 1 aromatic heterocycles. The Labute approximate surface area is 92.7 Å². The number of aromatic nitrogens is 3. The molecule has 1 aromatic carbocycles. The molecule has 0 spiro atoms. The quantitative estimate of drug-likeness (QED) is 0.845. The normalized spacial score (nSPS) is 12.7. The molecule has 1 atom stereocenters. The van der Waals surface area contributed by atoms with Crippen molar-refractivity contribution in [2.75, 3.05) is 0 Å². The van der Waals surface area contributed by atoms with Crippen molar-refractivity contribution in [3.63, 3.8) is 0 Å². The van der Waals surface area contributed by atoms with Gasteiger partial charge in [-0.15, -0.1) is 5.10 Å². The van der Waals surface area contributed by atoms with Crippen molar-refractivity contribution in [1.82, 2.24) is 15.0 Å². The number of nitrogens with two attached hydrogens (primary N) is 1. The number of benzene rings is 1. The standard InChI is InChI=1S/C10H11ClN4/c1-7(12)10-6-13-14-15(10)9-4-2-8(11)3-5-9/h2-7H,12H2,1H3.